The molecule has 7 heteroatoms. The first-order chi connectivity index (χ1) is 9.57. The molecule has 0 amide bonds. The van der Waals surface area contributed by atoms with Crippen molar-refractivity contribution in [2.45, 2.75) is 23.8 Å². The third-order valence-electron chi connectivity index (χ3n) is 3.65. The average molecular weight is 298 g/mol. The van der Waals surface area contributed by atoms with Crippen molar-refractivity contribution in [1.82, 2.24) is 4.31 Å². The molecule has 0 bridgehead atoms. The van der Waals surface area contributed by atoms with Crippen LogP contribution in [0.5, 0.6) is 11.5 Å². The lowest BCUT2D eigenvalue weighted by Gasteiger charge is -2.29. The van der Waals surface area contributed by atoms with Gasteiger partial charge in [-0.1, -0.05) is 0 Å². The SMILES string of the molecule is NC1CCN(S(=O)(=O)c2ccc3c(c2)OCCO3)CC1. The van der Waals surface area contributed by atoms with Crippen LogP contribution in [0.3, 0.4) is 0 Å². The van der Waals surface area contributed by atoms with E-state index in [9.17, 15) is 8.42 Å². The number of hydrogen-bond acceptors (Lipinski definition) is 5. The van der Waals surface area contributed by atoms with Crippen LogP contribution in [0.4, 0.5) is 0 Å². The summed E-state index contributed by atoms with van der Waals surface area (Å²) in [7, 11) is -3.48. The highest BCUT2D eigenvalue weighted by Crippen LogP contribution is 2.33. The fraction of sp³-hybridized carbons (Fsp3) is 0.538. The first-order valence-electron chi connectivity index (χ1n) is 6.73. The Balaban J connectivity index is 1.87. The van der Waals surface area contributed by atoms with Gasteiger partial charge in [0.1, 0.15) is 13.2 Å². The van der Waals surface area contributed by atoms with Crippen LogP contribution in [0.1, 0.15) is 12.8 Å². The molecule has 0 atom stereocenters. The van der Waals surface area contributed by atoms with Crippen molar-refractivity contribution >= 4 is 10.0 Å². The first kappa shape index (κ1) is 13.7. The van der Waals surface area contributed by atoms with E-state index in [4.69, 9.17) is 15.2 Å². The highest BCUT2D eigenvalue weighted by molar-refractivity contribution is 7.89. The van der Waals surface area contributed by atoms with Crippen molar-refractivity contribution in [3.8, 4) is 11.5 Å². The molecular weight excluding hydrogens is 280 g/mol. The maximum atomic E-state index is 12.6. The fourth-order valence-corrected chi connectivity index (χ4v) is 3.93. The molecule has 2 N–H and O–H groups in total. The molecule has 2 aliphatic rings. The van der Waals surface area contributed by atoms with Crippen LogP contribution >= 0.6 is 0 Å². The van der Waals surface area contributed by atoms with Crippen LogP contribution in [0.25, 0.3) is 0 Å². The van der Waals surface area contributed by atoms with Gasteiger partial charge in [0.25, 0.3) is 0 Å². The number of ether oxygens (including phenoxy) is 2. The van der Waals surface area contributed by atoms with Crippen LogP contribution in [-0.2, 0) is 10.0 Å². The summed E-state index contributed by atoms with van der Waals surface area (Å²) in [5.74, 6) is 1.09. The van der Waals surface area contributed by atoms with Crippen LogP contribution in [0.2, 0.25) is 0 Å². The zero-order valence-corrected chi connectivity index (χ0v) is 11.9. The summed E-state index contributed by atoms with van der Waals surface area (Å²) in [4.78, 5) is 0.247. The maximum absolute atomic E-state index is 12.6. The Morgan fingerprint density at radius 3 is 2.45 bits per heavy atom. The van der Waals surface area contributed by atoms with Gasteiger partial charge in [0.05, 0.1) is 4.90 Å². The smallest absolute Gasteiger partial charge is 0.243 e. The van der Waals surface area contributed by atoms with Crippen molar-refractivity contribution in [3.63, 3.8) is 0 Å². The molecule has 1 fully saturated rings. The zero-order chi connectivity index (χ0) is 14.2. The van der Waals surface area contributed by atoms with Crippen molar-refractivity contribution in [2.24, 2.45) is 5.73 Å². The molecule has 1 saturated heterocycles. The largest absolute Gasteiger partial charge is 0.486 e. The van der Waals surface area contributed by atoms with Crippen LogP contribution < -0.4 is 15.2 Å². The molecule has 2 heterocycles. The number of fused-ring (bicyclic) bond motifs is 1. The lowest BCUT2D eigenvalue weighted by atomic mass is 10.1. The minimum Gasteiger partial charge on any atom is -0.486 e. The van der Waals surface area contributed by atoms with Crippen molar-refractivity contribution in [3.05, 3.63) is 18.2 Å². The van der Waals surface area contributed by atoms with Gasteiger partial charge in [-0.2, -0.15) is 4.31 Å². The summed E-state index contributed by atoms with van der Waals surface area (Å²) in [6.45, 7) is 1.87. The third-order valence-corrected chi connectivity index (χ3v) is 5.54. The number of nitrogens with two attached hydrogens (primary N) is 1. The quantitative estimate of drug-likeness (QED) is 0.863. The second kappa shape index (κ2) is 5.23. The monoisotopic (exact) mass is 298 g/mol. The average Bonchev–Trinajstić information content (AvgIpc) is 2.47. The fourth-order valence-electron chi connectivity index (χ4n) is 2.45. The molecule has 0 aromatic heterocycles. The van der Waals surface area contributed by atoms with E-state index in [0.717, 1.165) is 0 Å². The van der Waals surface area contributed by atoms with Gasteiger partial charge in [-0.3, -0.25) is 0 Å². The molecule has 0 spiro atoms. The summed E-state index contributed by atoms with van der Waals surface area (Å²) < 4.78 is 37.5. The summed E-state index contributed by atoms with van der Waals surface area (Å²) in [5.41, 5.74) is 5.81. The molecule has 3 rings (SSSR count). The van der Waals surface area contributed by atoms with E-state index < -0.39 is 10.0 Å². The Hall–Kier alpha value is -1.31. The molecule has 0 radical (unpaired) electrons. The number of piperidine rings is 1. The topological polar surface area (TPSA) is 81.9 Å². The first-order valence-corrected chi connectivity index (χ1v) is 8.17. The Morgan fingerprint density at radius 1 is 1.10 bits per heavy atom. The lowest BCUT2D eigenvalue weighted by Crippen LogP contribution is -2.42. The van der Waals surface area contributed by atoms with Crippen molar-refractivity contribution in [1.29, 1.82) is 0 Å². The third kappa shape index (κ3) is 2.48. The molecule has 20 heavy (non-hydrogen) atoms. The zero-order valence-electron chi connectivity index (χ0n) is 11.1. The molecule has 0 unspecified atom stereocenters. The van der Waals surface area contributed by atoms with E-state index >= 15 is 0 Å². The molecular formula is C13H18N2O4S. The summed E-state index contributed by atoms with van der Waals surface area (Å²) in [5, 5.41) is 0. The normalized spacial score (nSPS) is 20.9. The van der Waals surface area contributed by atoms with E-state index in [2.05, 4.69) is 0 Å². The lowest BCUT2D eigenvalue weighted by molar-refractivity contribution is 0.171. The van der Waals surface area contributed by atoms with Gasteiger partial charge >= 0.3 is 0 Å². The minimum atomic E-state index is -3.48. The molecule has 0 aliphatic carbocycles. The highest BCUT2D eigenvalue weighted by Gasteiger charge is 2.29. The number of nitrogens with zero attached hydrogens (tertiary/aromatic N) is 1. The van der Waals surface area contributed by atoms with Gasteiger partial charge in [-0.05, 0) is 25.0 Å². The molecule has 1 aromatic rings. The van der Waals surface area contributed by atoms with Gasteiger partial charge in [0, 0.05) is 25.2 Å². The van der Waals surface area contributed by atoms with E-state index in [1.54, 1.807) is 18.2 Å². The Morgan fingerprint density at radius 2 is 1.75 bits per heavy atom. The second-order valence-corrected chi connectivity index (χ2v) is 6.98. The van der Waals surface area contributed by atoms with Gasteiger partial charge in [-0.15, -0.1) is 0 Å². The van der Waals surface area contributed by atoms with E-state index in [-0.39, 0.29) is 10.9 Å². The number of rotatable bonds is 2. The van der Waals surface area contributed by atoms with Crippen LogP contribution in [0.15, 0.2) is 23.1 Å². The molecule has 110 valence electrons. The van der Waals surface area contributed by atoms with Crippen LogP contribution in [0, 0.1) is 0 Å². The van der Waals surface area contributed by atoms with Gasteiger partial charge in [-0.25, -0.2) is 8.42 Å². The predicted octanol–water partition coefficient (Wildman–Crippen LogP) is 0.570. The number of hydrogen-bond donors (Lipinski definition) is 1. The summed E-state index contributed by atoms with van der Waals surface area (Å²) in [6, 6.07) is 4.86. The van der Waals surface area contributed by atoms with Crippen molar-refractivity contribution in [2.75, 3.05) is 26.3 Å². The highest BCUT2D eigenvalue weighted by atomic mass is 32.2. The van der Waals surface area contributed by atoms with Gasteiger partial charge in [0.15, 0.2) is 11.5 Å². The molecule has 6 nitrogen and oxygen atoms in total. The van der Waals surface area contributed by atoms with Crippen LogP contribution in [-0.4, -0.2) is 45.1 Å². The number of benzene rings is 1. The second-order valence-electron chi connectivity index (χ2n) is 5.05. The summed E-state index contributed by atoms with van der Waals surface area (Å²) >= 11 is 0. The Kier molecular flexibility index (Phi) is 3.57. The van der Waals surface area contributed by atoms with Gasteiger partial charge in [0.2, 0.25) is 10.0 Å². The molecule has 1 aromatic carbocycles. The van der Waals surface area contributed by atoms with E-state index in [0.29, 0.717) is 50.6 Å². The van der Waals surface area contributed by atoms with E-state index in [1.165, 1.54) is 4.31 Å². The maximum Gasteiger partial charge on any atom is 0.243 e. The standard InChI is InChI=1S/C13H18N2O4S/c14-10-3-5-15(6-4-10)20(16,17)11-1-2-12-13(9-11)19-8-7-18-12/h1-2,9-10H,3-8,14H2. The Labute approximate surface area is 118 Å². The van der Waals surface area contributed by atoms with Crippen molar-refractivity contribution < 1.29 is 17.9 Å². The molecule has 2 aliphatic heterocycles. The predicted molar refractivity (Wildman–Crippen MR) is 73.4 cm³/mol. The Bertz CT molecular complexity index is 594. The number of sulfonamides is 1. The summed E-state index contributed by atoms with van der Waals surface area (Å²) in [6.07, 6.45) is 1.40. The molecule has 0 saturated carbocycles. The minimum absolute atomic E-state index is 0.0988. The van der Waals surface area contributed by atoms with E-state index in [1.807, 2.05) is 0 Å². The van der Waals surface area contributed by atoms with Gasteiger partial charge < -0.3 is 15.2 Å².